The Bertz CT molecular complexity index is 890. The first-order valence-corrected chi connectivity index (χ1v) is 15.3. The number of hydrogen-bond acceptors (Lipinski definition) is 4. The Morgan fingerprint density at radius 1 is 1.03 bits per heavy atom. The maximum Gasteiger partial charge on any atom is 0.241 e. The molecule has 0 fully saturated rings. The molecule has 0 aromatic carbocycles. The van der Waals surface area contributed by atoms with Gasteiger partial charge in [0.25, 0.3) is 0 Å². The second-order valence-corrected chi connectivity index (χ2v) is 14.6. The third-order valence-electron chi connectivity index (χ3n) is 4.26. The molecule has 2 heterocycles. The van der Waals surface area contributed by atoms with Crippen LogP contribution in [0.25, 0.3) is 0 Å². The Morgan fingerprint density at radius 3 is 2.13 bits per heavy atom. The van der Waals surface area contributed by atoms with Crippen molar-refractivity contribution in [2.75, 3.05) is 0 Å². The topological polar surface area (TPSA) is 52.1 Å². The number of hydrogen-bond donors (Lipinski definition) is 0. The summed E-state index contributed by atoms with van der Waals surface area (Å²) in [5.41, 5.74) is 1.23. The molecule has 0 amide bonds. The van der Waals surface area contributed by atoms with Crippen molar-refractivity contribution in [3.63, 3.8) is 0 Å². The largest absolute Gasteiger partial charge is 0.548 e. The molecule has 0 saturated heterocycles. The lowest BCUT2D eigenvalue weighted by Crippen LogP contribution is -2.24. The summed E-state index contributed by atoms with van der Waals surface area (Å²) in [5, 5.41) is 1.10. The lowest BCUT2D eigenvalue weighted by Gasteiger charge is -2.19. The van der Waals surface area contributed by atoms with Crippen LogP contribution in [0.15, 0.2) is 60.6 Å². The van der Waals surface area contributed by atoms with Gasteiger partial charge in [0.15, 0.2) is 5.78 Å². The smallest absolute Gasteiger partial charge is 0.241 e. The Labute approximate surface area is 209 Å². The van der Waals surface area contributed by atoms with E-state index in [0.29, 0.717) is 16.2 Å². The van der Waals surface area contributed by atoms with Crippen LogP contribution in [0.5, 0.6) is 0 Å². The van der Waals surface area contributed by atoms with E-state index in [1.807, 2.05) is 30.5 Å². The van der Waals surface area contributed by atoms with Crippen molar-refractivity contribution in [1.82, 2.24) is 9.97 Å². The van der Waals surface area contributed by atoms with E-state index in [-0.39, 0.29) is 5.78 Å². The van der Waals surface area contributed by atoms with Gasteiger partial charge in [0.1, 0.15) is 10.3 Å². The number of ketones is 1. The fraction of sp³-hybridized carbons (Fsp3) is 0.348. The van der Waals surface area contributed by atoms with Gasteiger partial charge in [-0.05, 0) is 91.0 Å². The minimum absolute atomic E-state index is 0.273. The number of nitrogens with zero attached hydrogens (tertiary/aromatic N) is 2. The molecular formula is C23H27Cl2IN2O2Si. The molecule has 2 aliphatic rings. The summed E-state index contributed by atoms with van der Waals surface area (Å²) < 4.78 is 7.13. The molecule has 4 nitrogen and oxygen atoms in total. The fourth-order valence-corrected chi connectivity index (χ4v) is 4.42. The predicted octanol–water partition coefficient (Wildman–Crippen LogP) is 7.59. The van der Waals surface area contributed by atoms with Crippen LogP contribution >= 0.6 is 45.8 Å². The van der Waals surface area contributed by atoms with Crippen molar-refractivity contribution in [2.24, 2.45) is 0 Å². The minimum Gasteiger partial charge on any atom is -0.548 e. The van der Waals surface area contributed by atoms with Crippen LogP contribution in [0.3, 0.4) is 0 Å². The lowest BCUT2D eigenvalue weighted by atomic mass is 10.0. The summed E-state index contributed by atoms with van der Waals surface area (Å²) in [7, 11) is -1.47. The van der Waals surface area contributed by atoms with Crippen LogP contribution in [-0.4, -0.2) is 24.1 Å². The van der Waals surface area contributed by atoms with Crippen LogP contribution in [0.2, 0.25) is 29.9 Å². The minimum atomic E-state index is -1.47. The molecule has 2 aromatic rings. The van der Waals surface area contributed by atoms with Gasteiger partial charge in [-0.3, -0.25) is 4.79 Å². The molecule has 0 N–H and O–H groups in total. The number of aromatic nitrogens is 2. The van der Waals surface area contributed by atoms with E-state index >= 15 is 0 Å². The summed E-state index contributed by atoms with van der Waals surface area (Å²) >= 11 is 13.5. The van der Waals surface area contributed by atoms with E-state index in [4.69, 9.17) is 27.6 Å². The van der Waals surface area contributed by atoms with E-state index in [2.05, 4.69) is 58.3 Å². The van der Waals surface area contributed by atoms with Crippen molar-refractivity contribution in [3.8, 4) is 0 Å². The Morgan fingerprint density at radius 2 is 1.71 bits per heavy atom. The summed E-state index contributed by atoms with van der Waals surface area (Å²) in [5.74, 6) is 1.87. The molecular weight excluding hydrogens is 562 g/mol. The first-order valence-electron chi connectivity index (χ1n) is 10.1. The van der Waals surface area contributed by atoms with Crippen LogP contribution in [0.1, 0.15) is 37.2 Å². The van der Waals surface area contributed by atoms with Crippen LogP contribution < -0.4 is 0 Å². The molecule has 1 atom stereocenters. The zero-order valence-electron chi connectivity index (χ0n) is 17.9. The molecule has 0 bridgehead atoms. The summed E-state index contributed by atoms with van der Waals surface area (Å²) in [4.78, 5) is 18.1. The maximum absolute atomic E-state index is 10.2. The third-order valence-corrected chi connectivity index (χ3v) is 6.22. The molecule has 31 heavy (non-hydrogen) atoms. The average molecular weight is 589 g/mol. The summed E-state index contributed by atoms with van der Waals surface area (Å²) in [6.45, 7) is 6.64. The predicted molar refractivity (Wildman–Crippen MR) is 139 cm³/mol. The summed E-state index contributed by atoms with van der Waals surface area (Å²) in [6.07, 6.45) is 13.2. The fourth-order valence-electron chi connectivity index (χ4n) is 2.92. The highest BCUT2D eigenvalue weighted by atomic mass is 127. The third kappa shape index (κ3) is 10.8. The number of pyridine rings is 2. The molecule has 0 spiro atoms. The average Bonchev–Trinajstić information content (AvgIpc) is 3.36. The highest BCUT2D eigenvalue weighted by molar-refractivity contribution is 14.1. The first-order chi connectivity index (χ1) is 14.6. The molecule has 166 valence electrons. The molecule has 0 aliphatic heterocycles. The lowest BCUT2D eigenvalue weighted by molar-refractivity contribution is -0.114. The van der Waals surface area contributed by atoms with E-state index in [0.717, 1.165) is 35.0 Å². The van der Waals surface area contributed by atoms with Crippen molar-refractivity contribution >= 4 is 59.9 Å². The van der Waals surface area contributed by atoms with Crippen molar-refractivity contribution < 1.29 is 9.22 Å². The van der Waals surface area contributed by atoms with Crippen LogP contribution in [0.4, 0.5) is 0 Å². The Hall–Kier alpha value is -1.22. The number of carbonyl (C=O) groups excluding carboxylic acids is 1. The number of halogens is 3. The van der Waals surface area contributed by atoms with E-state index in [1.165, 1.54) is 5.56 Å². The molecule has 2 aromatic heterocycles. The molecule has 4 rings (SSSR count). The summed E-state index contributed by atoms with van der Waals surface area (Å²) in [6, 6.07) is 7.58. The van der Waals surface area contributed by atoms with Gasteiger partial charge in [-0.15, -0.1) is 0 Å². The zero-order valence-corrected chi connectivity index (χ0v) is 22.6. The zero-order chi connectivity index (χ0) is 22.9. The Kier molecular flexibility index (Phi) is 10.7. The SMILES string of the molecule is C[Si](C)(C)OC1=CC(c2ccc(Cl)nc2)CC1.Clc1ccc(I)cn1.O=C1C=CCC1. The first kappa shape index (κ1) is 26.0. The van der Waals surface area contributed by atoms with Gasteiger partial charge < -0.3 is 4.43 Å². The second-order valence-electron chi connectivity index (χ2n) is 8.11. The van der Waals surface area contributed by atoms with E-state index in [9.17, 15) is 4.79 Å². The van der Waals surface area contributed by atoms with Crippen LogP contribution in [0, 0.1) is 3.57 Å². The van der Waals surface area contributed by atoms with Gasteiger partial charge in [0, 0.05) is 34.7 Å². The molecule has 0 radical (unpaired) electrons. The number of rotatable bonds is 3. The van der Waals surface area contributed by atoms with Gasteiger partial charge in [0.05, 0.1) is 5.76 Å². The standard InChI is InChI=1S/C13H18ClNOSi.C5H3ClIN.C5H6O/c1-17(2,3)16-12-6-4-10(8-12)11-5-7-13(14)15-9-11;6-5-2-1-4(7)3-8-5;6-5-3-1-2-4-5/h5,7-10H,4,6H2,1-3H3;1-3H;1,3H,2,4H2. The van der Waals surface area contributed by atoms with Crippen LogP contribution in [-0.2, 0) is 9.22 Å². The van der Waals surface area contributed by atoms with Gasteiger partial charge in [-0.25, -0.2) is 9.97 Å². The second kappa shape index (κ2) is 12.7. The maximum atomic E-state index is 10.2. The molecule has 1 unspecified atom stereocenters. The Balaban J connectivity index is 0.000000200. The van der Waals surface area contributed by atoms with Gasteiger partial charge in [0.2, 0.25) is 8.32 Å². The number of allylic oxidation sites excluding steroid dienone is 4. The monoisotopic (exact) mass is 588 g/mol. The van der Waals surface area contributed by atoms with Gasteiger partial charge in [-0.2, -0.15) is 0 Å². The van der Waals surface area contributed by atoms with E-state index < -0.39 is 8.32 Å². The molecule has 0 saturated carbocycles. The number of carbonyl (C=O) groups is 1. The van der Waals surface area contributed by atoms with Gasteiger partial charge >= 0.3 is 0 Å². The highest BCUT2D eigenvalue weighted by Crippen LogP contribution is 2.34. The normalized spacial score (nSPS) is 17.3. The van der Waals surface area contributed by atoms with Crippen molar-refractivity contribution in [2.45, 2.75) is 51.2 Å². The highest BCUT2D eigenvalue weighted by Gasteiger charge is 2.23. The van der Waals surface area contributed by atoms with Crippen molar-refractivity contribution in [3.05, 3.63) is 80.1 Å². The molecule has 2 aliphatic carbocycles. The van der Waals surface area contributed by atoms with E-state index in [1.54, 1.807) is 18.3 Å². The quantitative estimate of drug-likeness (QED) is 0.210. The van der Waals surface area contributed by atoms with Gasteiger partial charge in [-0.1, -0.05) is 35.3 Å². The molecule has 8 heteroatoms. The van der Waals surface area contributed by atoms with Crippen molar-refractivity contribution in [1.29, 1.82) is 0 Å².